The Morgan fingerprint density at radius 2 is 1.10 bits per heavy atom. The van der Waals surface area contributed by atoms with Gasteiger partial charge in [-0.25, -0.2) is 0 Å². The van der Waals surface area contributed by atoms with Crippen molar-refractivity contribution in [1.82, 2.24) is 9.80 Å². The van der Waals surface area contributed by atoms with Crippen molar-refractivity contribution >= 4 is 11.8 Å². The Bertz CT molecular complexity index is 786. The van der Waals surface area contributed by atoms with E-state index in [0.717, 1.165) is 4.90 Å². The predicted molar refractivity (Wildman–Crippen MR) is 107 cm³/mol. The quantitative estimate of drug-likeness (QED) is 0.594. The van der Waals surface area contributed by atoms with Gasteiger partial charge in [0.15, 0.2) is 5.72 Å². The molecule has 31 heavy (non-hydrogen) atoms. The number of aliphatic hydroxyl groups is 2. The third-order valence-electron chi connectivity index (χ3n) is 7.59. The van der Waals surface area contributed by atoms with E-state index in [1.807, 2.05) is 0 Å². The van der Waals surface area contributed by atoms with E-state index in [1.54, 1.807) is 20.8 Å². The molecule has 3 fully saturated rings. The topological polar surface area (TPSA) is 81.1 Å². The molecule has 1 aliphatic heterocycles. The fourth-order valence-electron chi connectivity index (χ4n) is 5.60. The minimum Gasteiger partial charge on any atom is -0.369 e. The standard InChI is InChI=1S/C22H35F3N2O4/c1-16(2,3)14(28)26-18(7,30)19(10-8-11-19)27(15(29)17(4,5)6)21(31,22(23,24)25)20(26)12-9-13-20/h30-31H,8-13H2,1-7H3/t18-,21+/m1/s1. The number of piperazine rings is 1. The second-order valence-corrected chi connectivity index (χ2v) is 11.7. The third kappa shape index (κ3) is 2.77. The summed E-state index contributed by atoms with van der Waals surface area (Å²) in [5, 5.41) is 23.5. The van der Waals surface area contributed by atoms with Crippen molar-refractivity contribution in [3.05, 3.63) is 0 Å². The lowest BCUT2D eigenvalue weighted by Gasteiger charge is -2.76. The van der Waals surface area contributed by atoms with Crippen molar-refractivity contribution < 1.29 is 33.0 Å². The van der Waals surface area contributed by atoms with Crippen LogP contribution in [-0.4, -0.2) is 60.5 Å². The first kappa shape index (κ1) is 24.3. The third-order valence-corrected chi connectivity index (χ3v) is 7.59. The molecule has 6 nitrogen and oxygen atoms in total. The molecule has 2 aliphatic carbocycles. The highest BCUT2D eigenvalue weighted by atomic mass is 19.4. The molecule has 2 atom stereocenters. The first-order valence-electron chi connectivity index (χ1n) is 10.9. The van der Waals surface area contributed by atoms with Crippen molar-refractivity contribution in [1.29, 1.82) is 0 Å². The Morgan fingerprint density at radius 3 is 1.35 bits per heavy atom. The van der Waals surface area contributed by atoms with Crippen LogP contribution in [0.5, 0.6) is 0 Å². The second-order valence-electron chi connectivity index (χ2n) is 11.7. The molecule has 2 amide bonds. The summed E-state index contributed by atoms with van der Waals surface area (Å²) in [4.78, 5) is 28.5. The average Bonchev–Trinajstić information content (AvgIpc) is 2.47. The Kier molecular flexibility index (Phi) is 4.99. The van der Waals surface area contributed by atoms with Crippen molar-refractivity contribution in [2.24, 2.45) is 10.8 Å². The molecule has 2 spiro atoms. The van der Waals surface area contributed by atoms with Crippen LogP contribution in [0.25, 0.3) is 0 Å². The van der Waals surface area contributed by atoms with Crippen molar-refractivity contribution in [3.63, 3.8) is 0 Å². The lowest BCUT2D eigenvalue weighted by Crippen LogP contribution is -2.95. The smallest absolute Gasteiger partial charge is 0.369 e. The molecule has 3 aliphatic rings. The maximum Gasteiger partial charge on any atom is 0.439 e. The van der Waals surface area contributed by atoms with Crippen molar-refractivity contribution in [2.45, 2.75) is 116 Å². The highest BCUT2D eigenvalue weighted by Gasteiger charge is 2.85. The van der Waals surface area contributed by atoms with Gasteiger partial charge in [0.1, 0.15) is 5.54 Å². The SMILES string of the molecule is CC(C)(C)C(=O)N1C2(CCC2)[C@@](C)(O)N(C(=O)C(C)(C)C)C2(CCC2)[C@]1(O)C(F)(F)F. The molecule has 0 aromatic heterocycles. The zero-order chi connectivity index (χ0) is 24.1. The highest BCUT2D eigenvalue weighted by molar-refractivity contribution is 5.87. The molecule has 1 saturated heterocycles. The predicted octanol–water partition coefficient (Wildman–Crippen LogP) is 3.55. The van der Waals surface area contributed by atoms with Gasteiger partial charge in [0.25, 0.3) is 5.72 Å². The number of halogens is 3. The van der Waals surface area contributed by atoms with Gasteiger partial charge < -0.3 is 15.1 Å². The van der Waals surface area contributed by atoms with Crippen LogP contribution in [0, 0.1) is 10.8 Å². The highest BCUT2D eigenvalue weighted by Crippen LogP contribution is 2.66. The zero-order valence-corrected chi connectivity index (χ0v) is 19.5. The van der Waals surface area contributed by atoms with E-state index < -0.39 is 51.3 Å². The second kappa shape index (κ2) is 6.37. The maximum atomic E-state index is 14.9. The van der Waals surface area contributed by atoms with Crippen LogP contribution in [0.2, 0.25) is 0 Å². The van der Waals surface area contributed by atoms with Crippen LogP contribution >= 0.6 is 0 Å². The summed E-state index contributed by atoms with van der Waals surface area (Å²) in [6.45, 7) is 10.5. The molecule has 0 aromatic carbocycles. The maximum absolute atomic E-state index is 14.9. The molecular formula is C22H35F3N2O4. The van der Waals surface area contributed by atoms with Crippen LogP contribution in [0.4, 0.5) is 13.2 Å². The molecule has 178 valence electrons. The number of nitrogens with zero attached hydrogens (tertiary/aromatic N) is 2. The van der Waals surface area contributed by atoms with Gasteiger partial charge in [-0.1, -0.05) is 41.5 Å². The van der Waals surface area contributed by atoms with E-state index in [-0.39, 0.29) is 25.7 Å². The van der Waals surface area contributed by atoms with Gasteiger partial charge >= 0.3 is 6.18 Å². The van der Waals surface area contributed by atoms with Crippen molar-refractivity contribution in [3.8, 4) is 0 Å². The minimum atomic E-state index is -5.23. The number of carbonyl (C=O) groups excluding carboxylic acids is 2. The van der Waals surface area contributed by atoms with Gasteiger partial charge in [0.05, 0.1) is 5.54 Å². The molecule has 0 bridgehead atoms. The summed E-state index contributed by atoms with van der Waals surface area (Å²) in [5.41, 5.74) is -11.9. The molecule has 0 radical (unpaired) electrons. The Morgan fingerprint density at radius 1 is 0.742 bits per heavy atom. The van der Waals surface area contributed by atoms with Gasteiger partial charge in [0, 0.05) is 10.8 Å². The van der Waals surface area contributed by atoms with Crippen LogP contribution < -0.4 is 0 Å². The van der Waals surface area contributed by atoms with E-state index in [1.165, 1.54) is 27.7 Å². The van der Waals surface area contributed by atoms with Gasteiger partial charge in [-0.2, -0.15) is 13.2 Å². The Labute approximate surface area is 181 Å². The fourth-order valence-corrected chi connectivity index (χ4v) is 5.60. The van der Waals surface area contributed by atoms with E-state index in [0.29, 0.717) is 17.7 Å². The van der Waals surface area contributed by atoms with Crippen LogP contribution in [-0.2, 0) is 9.59 Å². The summed E-state index contributed by atoms with van der Waals surface area (Å²) in [6, 6.07) is 0. The molecule has 2 saturated carbocycles. The molecule has 3 rings (SSSR count). The van der Waals surface area contributed by atoms with Crippen LogP contribution in [0.15, 0.2) is 0 Å². The fraction of sp³-hybridized carbons (Fsp3) is 0.909. The zero-order valence-electron chi connectivity index (χ0n) is 19.5. The number of hydrogen-bond donors (Lipinski definition) is 2. The van der Waals surface area contributed by atoms with Gasteiger partial charge in [0.2, 0.25) is 11.8 Å². The molecule has 9 heteroatoms. The summed E-state index contributed by atoms with van der Waals surface area (Å²) in [5.74, 6) is -1.56. The number of alkyl halides is 3. The molecule has 2 N–H and O–H groups in total. The molecule has 1 heterocycles. The molecule has 0 unspecified atom stereocenters. The largest absolute Gasteiger partial charge is 0.439 e. The van der Waals surface area contributed by atoms with E-state index in [9.17, 15) is 33.0 Å². The summed E-state index contributed by atoms with van der Waals surface area (Å²) < 4.78 is 44.6. The normalized spacial score (nSPS) is 32.6. The number of rotatable bonds is 0. The first-order chi connectivity index (χ1) is 13.7. The van der Waals surface area contributed by atoms with Gasteiger partial charge in [-0.05, 0) is 45.4 Å². The van der Waals surface area contributed by atoms with Gasteiger partial charge in [-0.3, -0.25) is 14.5 Å². The number of amides is 2. The lowest BCUT2D eigenvalue weighted by molar-refractivity contribution is -0.436. The number of hydrogen-bond acceptors (Lipinski definition) is 4. The van der Waals surface area contributed by atoms with Crippen LogP contribution in [0.3, 0.4) is 0 Å². The van der Waals surface area contributed by atoms with E-state index in [2.05, 4.69) is 0 Å². The van der Waals surface area contributed by atoms with E-state index in [4.69, 9.17) is 0 Å². The van der Waals surface area contributed by atoms with Crippen molar-refractivity contribution in [2.75, 3.05) is 0 Å². The molecular weight excluding hydrogens is 413 g/mol. The monoisotopic (exact) mass is 448 g/mol. The van der Waals surface area contributed by atoms with E-state index >= 15 is 0 Å². The first-order valence-corrected chi connectivity index (χ1v) is 10.9. The summed E-state index contributed by atoms with van der Waals surface area (Å²) in [6.07, 6.45) is -4.62. The summed E-state index contributed by atoms with van der Waals surface area (Å²) in [7, 11) is 0. The Balaban J connectivity index is 2.40. The number of carbonyl (C=O) groups is 2. The van der Waals surface area contributed by atoms with Gasteiger partial charge in [-0.15, -0.1) is 0 Å². The lowest BCUT2D eigenvalue weighted by atomic mass is 9.55. The average molecular weight is 449 g/mol. The molecule has 0 aromatic rings. The summed E-state index contributed by atoms with van der Waals surface area (Å²) >= 11 is 0. The minimum absolute atomic E-state index is 0.0597. The van der Waals surface area contributed by atoms with Crippen LogP contribution in [0.1, 0.15) is 87.0 Å². The Hall–Kier alpha value is -1.35.